The Bertz CT molecular complexity index is 77.6. The van der Waals surface area contributed by atoms with Crippen molar-refractivity contribution >= 4 is 31.6 Å². The van der Waals surface area contributed by atoms with Crippen LogP contribution >= 0.6 is 15.9 Å². The second kappa shape index (κ2) is 3.70. The maximum absolute atomic E-state index is 5.56. The van der Waals surface area contributed by atoms with Crippen molar-refractivity contribution in [2.45, 2.75) is 30.8 Å². The Balaban J connectivity index is 3.59. The molecule has 0 spiro atoms. The molecule has 1 unspecified atom stereocenters. The summed E-state index contributed by atoms with van der Waals surface area (Å²) >= 11 is 3.20. The van der Waals surface area contributed by atoms with Gasteiger partial charge >= 0.3 is 0 Å². The molecular weight excluding hydrogens is 174 g/mol. The summed E-state index contributed by atoms with van der Waals surface area (Å²) in [4.78, 5) is 0. The van der Waals surface area contributed by atoms with Gasteiger partial charge in [-0.2, -0.15) is 0 Å². The molecule has 0 saturated carbocycles. The minimum absolute atomic E-state index is 0.336. The molecule has 3 heteroatoms. The van der Waals surface area contributed by atoms with Crippen LogP contribution in [0.5, 0.6) is 0 Å². The molecule has 1 atom stereocenters. The Morgan fingerprint density at radius 2 is 2.00 bits per heavy atom. The lowest BCUT2D eigenvalue weighted by Gasteiger charge is -2.25. The van der Waals surface area contributed by atoms with Gasteiger partial charge in [0.1, 0.15) is 0 Å². The van der Waals surface area contributed by atoms with Crippen molar-refractivity contribution < 1.29 is 0 Å². The molecule has 0 rings (SSSR count). The zero-order valence-electron chi connectivity index (χ0n) is 6.02. The van der Waals surface area contributed by atoms with Crippen molar-refractivity contribution in [3.05, 3.63) is 0 Å². The third-order valence-corrected chi connectivity index (χ3v) is 2.26. The Hall–Kier alpha value is 0.610. The molecule has 9 heavy (non-hydrogen) atoms. The van der Waals surface area contributed by atoms with Crippen molar-refractivity contribution in [1.29, 1.82) is 0 Å². The lowest BCUT2D eigenvalue weighted by molar-refractivity contribution is 0.544. The number of rotatable bonds is 3. The maximum atomic E-state index is 5.56. The Morgan fingerprint density at radius 3 is 2.11 bits per heavy atom. The summed E-state index contributed by atoms with van der Waals surface area (Å²) in [6.07, 6.45) is 2.20. The highest BCUT2D eigenvalue weighted by Gasteiger charge is 2.19. The first-order chi connectivity index (χ1) is 3.98. The highest BCUT2D eigenvalue weighted by Crippen LogP contribution is 2.23. The van der Waals surface area contributed by atoms with Crippen LogP contribution in [-0.4, -0.2) is 19.8 Å². The monoisotopic (exact) mass is 184 g/mol. The minimum atomic E-state index is -0.678. The fourth-order valence-electron chi connectivity index (χ4n) is 0.654. The molecule has 0 N–H and O–H groups in total. The average molecular weight is 185 g/mol. The SMILES string of the molecule is [B]C([B])(Br)C(C)CCC. The molecule has 0 saturated heterocycles. The highest BCUT2D eigenvalue weighted by atomic mass is 79.9. The van der Waals surface area contributed by atoms with Crippen LogP contribution in [0.3, 0.4) is 0 Å². The molecule has 0 aliphatic heterocycles. The summed E-state index contributed by atoms with van der Waals surface area (Å²) in [5, 5.41) is 0. The van der Waals surface area contributed by atoms with Crippen LogP contribution in [0.4, 0.5) is 0 Å². The van der Waals surface area contributed by atoms with Crippen LogP contribution < -0.4 is 0 Å². The van der Waals surface area contributed by atoms with E-state index in [2.05, 4.69) is 22.9 Å². The third-order valence-electron chi connectivity index (χ3n) is 1.48. The smallest absolute Gasteiger partial charge is 0.0774 e. The molecule has 0 bridgehead atoms. The van der Waals surface area contributed by atoms with E-state index in [4.69, 9.17) is 15.7 Å². The summed E-state index contributed by atoms with van der Waals surface area (Å²) in [5.41, 5.74) is 0. The molecule has 0 aromatic carbocycles. The van der Waals surface area contributed by atoms with E-state index in [1.807, 2.05) is 6.92 Å². The minimum Gasteiger partial charge on any atom is -0.106 e. The van der Waals surface area contributed by atoms with Gasteiger partial charge in [-0.3, -0.25) is 0 Å². The molecule has 0 heterocycles. The van der Waals surface area contributed by atoms with E-state index in [9.17, 15) is 0 Å². The number of hydrogen-bond acceptors (Lipinski definition) is 0. The van der Waals surface area contributed by atoms with E-state index >= 15 is 0 Å². The van der Waals surface area contributed by atoms with E-state index in [0.29, 0.717) is 5.92 Å². The van der Waals surface area contributed by atoms with Crippen molar-refractivity contribution in [2.75, 3.05) is 0 Å². The summed E-state index contributed by atoms with van der Waals surface area (Å²) in [6.45, 7) is 4.16. The Kier molecular flexibility index (Phi) is 3.95. The van der Waals surface area contributed by atoms with Gasteiger partial charge in [-0.1, -0.05) is 26.7 Å². The molecule has 48 valence electrons. The lowest BCUT2D eigenvalue weighted by Crippen LogP contribution is -2.29. The summed E-state index contributed by atoms with van der Waals surface area (Å²) in [6, 6.07) is 0. The maximum Gasteiger partial charge on any atom is 0.0774 e. The molecule has 0 aromatic heterocycles. The molecule has 0 fully saturated rings. The Labute approximate surface area is 68.7 Å². The van der Waals surface area contributed by atoms with E-state index in [1.54, 1.807) is 0 Å². The lowest BCUT2D eigenvalue weighted by atomic mass is 9.62. The molecular formula is C6H11B2Br. The largest absolute Gasteiger partial charge is 0.106 e. The summed E-state index contributed by atoms with van der Waals surface area (Å²) < 4.78 is -0.678. The van der Waals surface area contributed by atoms with Gasteiger partial charge in [-0.15, -0.1) is 15.9 Å². The Morgan fingerprint density at radius 1 is 1.56 bits per heavy atom. The number of alkyl halides is 1. The van der Waals surface area contributed by atoms with Crippen molar-refractivity contribution in [3.63, 3.8) is 0 Å². The summed E-state index contributed by atoms with van der Waals surface area (Å²) in [7, 11) is 11.1. The molecule has 0 aliphatic rings. The normalized spacial score (nSPS) is 15.4. The van der Waals surface area contributed by atoms with Gasteiger partial charge in [0.2, 0.25) is 0 Å². The molecule has 0 aromatic rings. The summed E-state index contributed by atoms with van der Waals surface area (Å²) in [5.74, 6) is 0.336. The highest BCUT2D eigenvalue weighted by molar-refractivity contribution is 9.11. The van der Waals surface area contributed by atoms with E-state index in [1.165, 1.54) is 0 Å². The van der Waals surface area contributed by atoms with Crippen LogP contribution in [0.25, 0.3) is 0 Å². The van der Waals surface area contributed by atoms with E-state index < -0.39 is 4.12 Å². The number of halogens is 1. The van der Waals surface area contributed by atoms with Crippen LogP contribution in [-0.2, 0) is 0 Å². The second-order valence-corrected chi connectivity index (χ2v) is 3.89. The van der Waals surface area contributed by atoms with Crippen LogP contribution in [0, 0.1) is 5.92 Å². The zero-order valence-corrected chi connectivity index (χ0v) is 7.61. The molecule has 0 nitrogen and oxygen atoms in total. The number of hydrogen-bond donors (Lipinski definition) is 0. The molecule has 4 radical (unpaired) electrons. The van der Waals surface area contributed by atoms with Crippen LogP contribution in [0.15, 0.2) is 0 Å². The van der Waals surface area contributed by atoms with Crippen molar-refractivity contribution in [1.82, 2.24) is 0 Å². The first-order valence-electron chi connectivity index (χ1n) is 3.25. The second-order valence-electron chi connectivity index (χ2n) is 2.52. The quantitative estimate of drug-likeness (QED) is 0.464. The van der Waals surface area contributed by atoms with Gasteiger partial charge in [0.25, 0.3) is 0 Å². The van der Waals surface area contributed by atoms with Crippen molar-refractivity contribution in [3.8, 4) is 0 Å². The van der Waals surface area contributed by atoms with Gasteiger partial charge in [0.05, 0.1) is 15.7 Å². The third kappa shape index (κ3) is 4.07. The predicted molar refractivity (Wildman–Crippen MR) is 47.2 cm³/mol. The van der Waals surface area contributed by atoms with Gasteiger partial charge < -0.3 is 0 Å². The van der Waals surface area contributed by atoms with Gasteiger partial charge in [-0.25, -0.2) is 0 Å². The van der Waals surface area contributed by atoms with E-state index in [-0.39, 0.29) is 0 Å². The fourth-order valence-corrected chi connectivity index (χ4v) is 0.883. The first kappa shape index (κ1) is 9.61. The van der Waals surface area contributed by atoms with Gasteiger partial charge in [0, 0.05) is 0 Å². The fraction of sp³-hybridized carbons (Fsp3) is 1.00. The first-order valence-corrected chi connectivity index (χ1v) is 4.04. The zero-order chi connectivity index (χ0) is 7.49. The average Bonchev–Trinajstić information content (AvgIpc) is 1.64. The standard InChI is InChI=1S/C6H11B2Br/c1-3-4-5(2)6(7,8)9/h5H,3-4H2,1-2H3. The predicted octanol–water partition coefficient (Wildman–Crippen LogP) is 1.81. The van der Waals surface area contributed by atoms with Crippen LogP contribution in [0.2, 0.25) is 0 Å². The molecule has 0 aliphatic carbocycles. The van der Waals surface area contributed by atoms with E-state index in [0.717, 1.165) is 12.8 Å². The topological polar surface area (TPSA) is 0 Å². The van der Waals surface area contributed by atoms with Crippen molar-refractivity contribution in [2.24, 2.45) is 5.92 Å². The van der Waals surface area contributed by atoms with Gasteiger partial charge in [0.15, 0.2) is 0 Å². The molecule has 0 amide bonds. The van der Waals surface area contributed by atoms with Crippen LogP contribution in [0.1, 0.15) is 26.7 Å². The van der Waals surface area contributed by atoms with Gasteiger partial charge in [-0.05, 0) is 10.0 Å².